The van der Waals surface area contributed by atoms with Crippen LogP contribution in [0.15, 0.2) is 67.0 Å². The summed E-state index contributed by atoms with van der Waals surface area (Å²) >= 11 is 6.32. The number of H-pyrrole nitrogens is 1. The minimum absolute atomic E-state index is 0.507. The molecule has 182 valence electrons. The summed E-state index contributed by atoms with van der Waals surface area (Å²) in [6.45, 7) is 0.846. The lowest BCUT2D eigenvalue weighted by molar-refractivity contribution is -0.192. The molecule has 0 unspecified atom stereocenters. The number of ether oxygens (including phenoxy) is 1. The second kappa shape index (κ2) is 10.4. The van der Waals surface area contributed by atoms with Gasteiger partial charge >= 0.3 is 12.1 Å². The summed E-state index contributed by atoms with van der Waals surface area (Å²) in [4.78, 5) is 16.2. The number of nitrogens with zero attached hydrogens (tertiary/aromatic N) is 1. The van der Waals surface area contributed by atoms with Crippen LogP contribution in [-0.4, -0.2) is 33.3 Å². The van der Waals surface area contributed by atoms with Crippen LogP contribution in [0.5, 0.6) is 11.5 Å². The molecule has 6 nitrogen and oxygen atoms in total. The Morgan fingerprint density at radius 1 is 1.11 bits per heavy atom. The Labute approximate surface area is 203 Å². The van der Waals surface area contributed by atoms with Gasteiger partial charge < -0.3 is 20.1 Å². The third-order valence-electron chi connectivity index (χ3n) is 5.51. The van der Waals surface area contributed by atoms with E-state index < -0.39 is 12.1 Å². The third kappa shape index (κ3) is 6.32. The summed E-state index contributed by atoms with van der Waals surface area (Å²) in [6, 6.07) is 21.0. The first-order valence-electron chi connectivity index (χ1n) is 10.7. The van der Waals surface area contributed by atoms with Crippen molar-refractivity contribution < 1.29 is 27.8 Å². The number of imidazole rings is 1. The van der Waals surface area contributed by atoms with E-state index in [-0.39, 0.29) is 0 Å². The fourth-order valence-electron chi connectivity index (χ4n) is 3.78. The number of carboxylic acids is 1. The zero-order chi connectivity index (χ0) is 25.0. The van der Waals surface area contributed by atoms with E-state index in [1.165, 1.54) is 16.7 Å². The van der Waals surface area contributed by atoms with Gasteiger partial charge in [-0.3, -0.25) is 0 Å². The molecule has 10 heteroatoms. The zero-order valence-corrected chi connectivity index (χ0v) is 19.0. The Bertz CT molecular complexity index is 1300. The Hall–Kier alpha value is -3.56. The van der Waals surface area contributed by atoms with Crippen molar-refractivity contribution in [1.29, 1.82) is 0 Å². The molecule has 1 aliphatic rings. The Kier molecular flexibility index (Phi) is 7.28. The van der Waals surface area contributed by atoms with Crippen LogP contribution in [0.25, 0.3) is 11.0 Å². The highest BCUT2D eigenvalue weighted by molar-refractivity contribution is 6.32. The first-order valence-corrected chi connectivity index (χ1v) is 11.1. The van der Waals surface area contributed by atoms with E-state index in [0.29, 0.717) is 16.8 Å². The number of alkyl halides is 3. The van der Waals surface area contributed by atoms with Crippen molar-refractivity contribution in [1.82, 2.24) is 15.3 Å². The predicted molar refractivity (Wildman–Crippen MR) is 126 cm³/mol. The van der Waals surface area contributed by atoms with Crippen LogP contribution in [0, 0.1) is 0 Å². The number of aromatic nitrogens is 2. The van der Waals surface area contributed by atoms with Crippen LogP contribution in [0.4, 0.5) is 13.2 Å². The van der Waals surface area contributed by atoms with Gasteiger partial charge in [-0.25, -0.2) is 9.78 Å². The molecule has 0 saturated carbocycles. The number of hydrogen-bond donors (Lipinski definition) is 3. The van der Waals surface area contributed by atoms with Gasteiger partial charge in [-0.05, 0) is 47.7 Å². The Morgan fingerprint density at radius 2 is 1.74 bits per heavy atom. The molecule has 1 aromatic heterocycles. The molecule has 0 aliphatic heterocycles. The highest BCUT2D eigenvalue weighted by atomic mass is 35.5. The molecule has 5 rings (SSSR count). The average Bonchev–Trinajstić information content (AvgIpc) is 3.44. The van der Waals surface area contributed by atoms with Crippen LogP contribution in [0.2, 0.25) is 5.02 Å². The number of carboxylic acid groups (broad SMARTS) is 1. The standard InChI is InChI=1S/C23H20ClN3O.C2HF3O2/c24-20-11-21-22(27-14-26-21)12-23(20)28-19-7-5-15(6-8-19)13-25-18-9-16-3-1-2-4-17(16)10-18;3-2(4,5)1(6)7/h1-8,11-12,14,18,25H,9-10,13H2,(H,26,27);(H,6,7). The molecule has 35 heavy (non-hydrogen) atoms. The van der Waals surface area contributed by atoms with Gasteiger partial charge in [0.05, 0.1) is 22.4 Å². The van der Waals surface area contributed by atoms with Gasteiger partial charge in [-0.15, -0.1) is 0 Å². The van der Waals surface area contributed by atoms with Crippen LogP contribution >= 0.6 is 11.6 Å². The molecule has 0 atom stereocenters. The van der Waals surface area contributed by atoms with E-state index in [9.17, 15) is 13.2 Å². The number of aliphatic carboxylic acids is 1. The molecule has 1 heterocycles. The number of fused-ring (bicyclic) bond motifs is 2. The molecule has 3 aromatic carbocycles. The number of benzene rings is 3. The number of carbonyl (C=O) groups is 1. The summed E-state index contributed by atoms with van der Waals surface area (Å²) in [5.74, 6) is -1.39. The van der Waals surface area contributed by atoms with E-state index in [0.717, 1.165) is 36.2 Å². The Morgan fingerprint density at radius 3 is 2.34 bits per heavy atom. The minimum atomic E-state index is -5.08. The fourth-order valence-corrected chi connectivity index (χ4v) is 3.98. The lowest BCUT2D eigenvalue weighted by Crippen LogP contribution is -2.28. The van der Waals surface area contributed by atoms with Gasteiger partial charge in [0.25, 0.3) is 0 Å². The minimum Gasteiger partial charge on any atom is -0.475 e. The molecule has 0 radical (unpaired) electrons. The molecule has 4 aromatic rings. The van der Waals surface area contributed by atoms with Crippen LogP contribution < -0.4 is 10.1 Å². The second-order valence-corrected chi connectivity index (χ2v) is 8.41. The lowest BCUT2D eigenvalue weighted by Gasteiger charge is -2.13. The normalized spacial score (nSPS) is 13.3. The van der Waals surface area contributed by atoms with Gasteiger partial charge in [0, 0.05) is 18.7 Å². The summed E-state index contributed by atoms with van der Waals surface area (Å²) in [5.41, 5.74) is 5.90. The molecule has 3 N–H and O–H groups in total. The zero-order valence-electron chi connectivity index (χ0n) is 18.3. The molecule has 0 spiro atoms. The van der Waals surface area contributed by atoms with Crippen molar-refractivity contribution in [2.24, 2.45) is 0 Å². The maximum Gasteiger partial charge on any atom is 0.490 e. The molecule has 0 bridgehead atoms. The van der Waals surface area contributed by atoms with E-state index in [1.54, 1.807) is 6.33 Å². The number of aromatic amines is 1. The third-order valence-corrected chi connectivity index (χ3v) is 5.81. The summed E-state index contributed by atoms with van der Waals surface area (Å²) < 4.78 is 37.7. The largest absolute Gasteiger partial charge is 0.490 e. The van der Waals surface area contributed by atoms with Gasteiger partial charge in [0.2, 0.25) is 0 Å². The molecule has 1 aliphatic carbocycles. The van der Waals surface area contributed by atoms with Crippen LogP contribution in [-0.2, 0) is 24.2 Å². The first kappa shape index (κ1) is 24.6. The lowest BCUT2D eigenvalue weighted by atomic mass is 10.1. The highest BCUT2D eigenvalue weighted by Crippen LogP contribution is 2.32. The SMILES string of the molecule is Clc1cc2[nH]cnc2cc1Oc1ccc(CNC2Cc3ccccc3C2)cc1.O=C(O)C(F)(F)F. The van der Waals surface area contributed by atoms with Crippen molar-refractivity contribution in [3.8, 4) is 11.5 Å². The summed E-state index contributed by atoms with van der Waals surface area (Å²) in [5, 5.41) is 11.4. The van der Waals surface area contributed by atoms with E-state index >= 15 is 0 Å². The highest BCUT2D eigenvalue weighted by Gasteiger charge is 2.38. The van der Waals surface area contributed by atoms with Crippen LogP contribution in [0.1, 0.15) is 16.7 Å². The molecule has 0 fully saturated rings. The maximum absolute atomic E-state index is 10.6. The predicted octanol–water partition coefficient (Wildman–Crippen LogP) is 5.90. The smallest absolute Gasteiger partial charge is 0.475 e. The van der Waals surface area contributed by atoms with Crippen molar-refractivity contribution >= 4 is 28.6 Å². The van der Waals surface area contributed by atoms with Gasteiger partial charge in [-0.1, -0.05) is 48.0 Å². The van der Waals surface area contributed by atoms with E-state index in [4.69, 9.17) is 26.2 Å². The molecular weight excluding hydrogens is 483 g/mol. The average molecular weight is 504 g/mol. The number of nitrogens with one attached hydrogen (secondary N) is 2. The fraction of sp³-hybridized carbons (Fsp3) is 0.200. The molecule has 0 amide bonds. The number of rotatable bonds is 5. The Balaban J connectivity index is 0.000000364. The number of hydrogen-bond acceptors (Lipinski definition) is 4. The van der Waals surface area contributed by atoms with Gasteiger partial charge in [-0.2, -0.15) is 13.2 Å². The quantitative estimate of drug-likeness (QED) is 0.316. The topological polar surface area (TPSA) is 87.2 Å². The molecule has 0 saturated heterocycles. The van der Waals surface area contributed by atoms with Crippen molar-refractivity contribution in [2.45, 2.75) is 31.6 Å². The first-order chi connectivity index (χ1) is 16.7. The van der Waals surface area contributed by atoms with Crippen molar-refractivity contribution in [2.75, 3.05) is 0 Å². The summed E-state index contributed by atoms with van der Waals surface area (Å²) in [7, 11) is 0. The monoisotopic (exact) mass is 503 g/mol. The second-order valence-electron chi connectivity index (χ2n) is 8.01. The summed E-state index contributed by atoms with van der Waals surface area (Å²) in [6.07, 6.45) is -1.23. The molecular formula is C25H21ClF3N3O3. The van der Waals surface area contributed by atoms with Gasteiger partial charge in [0.1, 0.15) is 11.5 Å². The van der Waals surface area contributed by atoms with E-state index in [2.05, 4.69) is 51.7 Å². The van der Waals surface area contributed by atoms with E-state index in [1.807, 2.05) is 24.3 Å². The van der Waals surface area contributed by atoms with Crippen LogP contribution in [0.3, 0.4) is 0 Å². The number of halogens is 4. The van der Waals surface area contributed by atoms with Crippen molar-refractivity contribution in [3.05, 3.63) is 88.7 Å². The maximum atomic E-state index is 10.6. The van der Waals surface area contributed by atoms with Gasteiger partial charge in [0.15, 0.2) is 0 Å². The van der Waals surface area contributed by atoms with Crippen molar-refractivity contribution in [3.63, 3.8) is 0 Å².